The molecule has 3 N–H and O–H groups in total. The number of nitrogens with zero attached hydrogens (tertiary/aromatic N) is 4. The quantitative estimate of drug-likeness (QED) is 0.700. The van der Waals surface area contributed by atoms with Crippen molar-refractivity contribution in [2.45, 2.75) is 18.9 Å². The molecule has 1 unspecified atom stereocenters. The number of ether oxygens (including phenoxy) is 1. The standard InChI is InChI=1S/C11H8ClN5.C5H10O2/c12-8-6-14-11(13)16-10(8)7-5-15-17-4-2-1-3-9(7)17;6-5-2-1-3-7-4-5/h1-6H,(H2,13,14,16);5-6H,1-4H2. The van der Waals surface area contributed by atoms with Crippen molar-refractivity contribution >= 4 is 23.1 Å². The second kappa shape index (κ2) is 7.57. The van der Waals surface area contributed by atoms with Gasteiger partial charge >= 0.3 is 0 Å². The lowest BCUT2D eigenvalue weighted by atomic mass is 10.2. The maximum Gasteiger partial charge on any atom is 0.220 e. The normalized spacial score (nSPS) is 17.3. The van der Waals surface area contributed by atoms with Gasteiger partial charge in [0, 0.05) is 18.4 Å². The van der Waals surface area contributed by atoms with Crippen LogP contribution < -0.4 is 5.73 Å². The van der Waals surface area contributed by atoms with Crippen LogP contribution in [0.1, 0.15) is 12.8 Å². The zero-order valence-electron chi connectivity index (χ0n) is 13.0. The van der Waals surface area contributed by atoms with Crippen molar-refractivity contribution in [3.05, 3.63) is 41.8 Å². The monoisotopic (exact) mass is 347 g/mol. The Morgan fingerprint density at radius 2 is 2.21 bits per heavy atom. The molecule has 3 aromatic rings. The summed E-state index contributed by atoms with van der Waals surface area (Å²) in [5.74, 6) is 0.194. The molecule has 0 amide bonds. The van der Waals surface area contributed by atoms with Gasteiger partial charge in [-0.1, -0.05) is 17.7 Å². The number of rotatable bonds is 1. The van der Waals surface area contributed by atoms with Crippen LogP contribution in [0.25, 0.3) is 16.8 Å². The number of halogens is 1. The zero-order chi connectivity index (χ0) is 16.9. The fourth-order valence-corrected chi connectivity index (χ4v) is 2.60. The number of anilines is 1. The summed E-state index contributed by atoms with van der Waals surface area (Å²) in [6, 6.07) is 5.77. The lowest BCUT2D eigenvalue weighted by Crippen LogP contribution is -2.21. The summed E-state index contributed by atoms with van der Waals surface area (Å²) in [5, 5.41) is 13.5. The highest BCUT2D eigenvalue weighted by Crippen LogP contribution is 2.28. The Morgan fingerprint density at radius 1 is 1.33 bits per heavy atom. The molecule has 4 rings (SSSR count). The van der Waals surface area contributed by atoms with Crippen LogP contribution in [0.2, 0.25) is 5.02 Å². The lowest BCUT2D eigenvalue weighted by Gasteiger charge is -2.15. The Labute approximate surface area is 144 Å². The van der Waals surface area contributed by atoms with E-state index in [0.29, 0.717) is 17.3 Å². The van der Waals surface area contributed by atoms with E-state index >= 15 is 0 Å². The predicted octanol–water partition coefficient (Wildman–Crippen LogP) is 2.18. The first-order valence-corrected chi connectivity index (χ1v) is 7.99. The van der Waals surface area contributed by atoms with Crippen LogP contribution >= 0.6 is 11.6 Å². The van der Waals surface area contributed by atoms with E-state index in [1.54, 1.807) is 10.7 Å². The molecule has 4 heterocycles. The highest BCUT2D eigenvalue weighted by molar-refractivity contribution is 6.33. The average Bonchev–Trinajstić information content (AvgIpc) is 3.02. The van der Waals surface area contributed by atoms with E-state index in [1.807, 2.05) is 24.4 Å². The highest BCUT2D eigenvalue weighted by atomic mass is 35.5. The molecule has 8 heteroatoms. The Kier molecular flexibility index (Phi) is 5.24. The molecule has 0 aliphatic carbocycles. The summed E-state index contributed by atoms with van der Waals surface area (Å²) in [7, 11) is 0. The van der Waals surface area contributed by atoms with Crippen molar-refractivity contribution in [1.29, 1.82) is 0 Å². The SMILES string of the molecule is Nc1ncc(Cl)c(-c2cnn3ccccc23)n1.OC1CCCOC1. The van der Waals surface area contributed by atoms with Gasteiger partial charge in [0.1, 0.15) is 0 Å². The number of aliphatic hydroxyl groups is 1. The molecule has 0 saturated carbocycles. The molecular formula is C16H18ClN5O2. The van der Waals surface area contributed by atoms with Crippen molar-refractivity contribution in [1.82, 2.24) is 19.6 Å². The first-order chi connectivity index (χ1) is 11.6. The third kappa shape index (κ3) is 3.81. The van der Waals surface area contributed by atoms with Crippen LogP contribution in [0.15, 0.2) is 36.8 Å². The Bertz CT molecular complexity index is 817. The first kappa shape index (κ1) is 16.6. The molecule has 0 spiro atoms. The summed E-state index contributed by atoms with van der Waals surface area (Å²) in [6.45, 7) is 1.37. The smallest absolute Gasteiger partial charge is 0.220 e. The van der Waals surface area contributed by atoms with Crippen LogP contribution in [0.5, 0.6) is 0 Å². The molecule has 1 saturated heterocycles. The highest BCUT2D eigenvalue weighted by Gasteiger charge is 2.12. The Hall–Kier alpha value is -2.22. The molecule has 1 aliphatic heterocycles. The number of aliphatic hydroxyl groups excluding tert-OH is 1. The lowest BCUT2D eigenvalue weighted by molar-refractivity contribution is -0.00535. The summed E-state index contributed by atoms with van der Waals surface area (Å²) in [4.78, 5) is 7.98. The second-order valence-corrected chi connectivity index (χ2v) is 5.79. The summed E-state index contributed by atoms with van der Waals surface area (Å²) < 4.78 is 6.69. The maximum atomic E-state index is 8.78. The predicted molar refractivity (Wildman–Crippen MR) is 91.7 cm³/mol. The van der Waals surface area contributed by atoms with E-state index < -0.39 is 0 Å². The van der Waals surface area contributed by atoms with Gasteiger partial charge in [0.25, 0.3) is 0 Å². The van der Waals surface area contributed by atoms with Gasteiger partial charge in [-0.15, -0.1) is 0 Å². The van der Waals surface area contributed by atoms with E-state index in [9.17, 15) is 0 Å². The fourth-order valence-electron chi connectivity index (χ4n) is 2.41. The van der Waals surface area contributed by atoms with Gasteiger partial charge in [-0.3, -0.25) is 0 Å². The average molecular weight is 348 g/mol. The topological polar surface area (TPSA) is 98.6 Å². The Morgan fingerprint density at radius 3 is 2.92 bits per heavy atom. The van der Waals surface area contributed by atoms with Gasteiger partial charge in [0.2, 0.25) is 5.95 Å². The number of pyridine rings is 1. The Balaban J connectivity index is 0.000000203. The first-order valence-electron chi connectivity index (χ1n) is 7.61. The summed E-state index contributed by atoms with van der Waals surface area (Å²) >= 11 is 6.07. The van der Waals surface area contributed by atoms with Gasteiger partial charge in [0.05, 0.1) is 41.3 Å². The second-order valence-electron chi connectivity index (χ2n) is 5.38. The molecule has 1 atom stereocenters. The molecule has 24 heavy (non-hydrogen) atoms. The number of hydrogen-bond acceptors (Lipinski definition) is 6. The molecule has 126 valence electrons. The van der Waals surface area contributed by atoms with Gasteiger partial charge in [-0.05, 0) is 25.0 Å². The number of aromatic nitrogens is 4. The number of nitrogen functional groups attached to an aromatic ring is 1. The van der Waals surface area contributed by atoms with Crippen molar-refractivity contribution in [3.63, 3.8) is 0 Å². The number of hydrogen-bond donors (Lipinski definition) is 2. The molecule has 7 nitrogen and oxygen atoms in total. The molecular weight excluding hydrogens is 330 g/mol. The van der Waals surface area contributed by atoms with Crippen LogP contribution in [0.3, 0.4) is 0 Å². The van der Waals surface area contributed by atoms with Crippen LogP contribution in [-0.4, -0.2) is 44.0 Å². The van der Waals surface area contributed by atoms with Crippen LogP contribution in [0, 0.1) is 0 Å². The van der Waals surface area contributed by atoms with Crippen molar-refractivity contribution in [3.8, 4) is 11.3 Å². The minimum Gasteiger partial charge on any atom is -0.391 e. The van der Waals surface area contributed by atoms with E-state index in [1.165, 1.54) is 6.20 Å². The van der Waals surface area contributed by atoms with Gasteiger partial charge in [-0.2, -0.15) is 5.10 Å². The zero-order valence-corrected chi connectivity index (χ0v) is 13.7. The van der Waals surface area contributed by atoms with E-state index in [4.69, 9.17) is 27.2 Å². The maximum absolute atomic E-state index is 8.78. The van der Waals surface area contributed by atoms with Crippen LogP contribution in [0.4, 0.5) is 5.95 Å². The molecule has 0 bridgehead atoms. The van der Waals surface area contributed by atoms with E-state index in [-0.39, 0.29) is 12.1 Å². The molecule has 0 aromatic carbocycles. The molecule has 1 fully saturated rings. The molecule has 1 aliphatic rings. The number of fused-ring (bicyclic) bond motifs is 1. The molecule has 0 radical (unpaired) electrons. The largest absolute Gasteiger partial charge is 0.391 e. The summed E-state index contributed by atoms with van der Waals surface area (Å²) in [5.41, 5.74) is 7.93. The third-order valence-corrected chi connectivity index (χ3v) is 3.86. The number of nitrogens with two attached hydrogens (primary N) is 1. The minimum absolute atomic E-state index is 0.186. The molecule has 3 aromatic heterocycles. The fraction of sp³-hybridized carbons (Fsp3) is 0.312. The van der Waals surface area contributed by atoms with Crippen LogP contribution in [-0.2, 0) is 4.74 Å². The van der Waals surface area contributed by atoms with Crippen molar-refractivity contribution in [2.24, 2.45) is 0 Å². The van der Waals surface area contributed by atoms with E-state index in [2.05, 4.69) is 15.1 Å². The third-order valence-electron chi connectivity index (χ3n) is 3.58. The minimum atomic E-state index is -0.186. The van der Waals surface area contributed by atoms with Crippen molar-refractivity contribution in [2.75, 3.05) is 18.9 Å². The van der Waals surface area contributed by atoms with Gasteiger partial charge in [-0.25, -0.2) is 14.5 Å². The van der Waals surface area contributed by atoms with Crippen molar-refractivity contribution < 1.29 is 9.84 Å². The van der Waals surface area contributed by atoms with Gasteiger partial charge < -0.3 is 15.6 Å². The van der Waals surface area contributed by atoms with Gasteiger partial charge in [0.15, 0.2) is 0 Å². The summed E-state index contributed by atoms with van der Waals surface area (Å²) in [6.07, 6.45) is 6.81. The van der Waals surface area contributed by atoms with E-state index in [0.717, 1.165) is 30.5 Å².